The SMILES string of the molecule is C/C=C\NC(CC)[Si](OC)(OC)OC. The first-order valence-corrected chi connectivity index (χ1v) is 6.53. The Balaban J connectivity index is 4.56. The zero-order valence-electron chi connectivity index (χ0n) is 9.66. The quantitative estimate of drug-likeness (QED) is 0.655. The zero-order valence-corrected chi connectivity index (χ0v) is 10.7. The highest BCUT2D eigenvalue weighted by atomic mass is 28.4. The molecule has 0 saturated heterocycles. The molecule has 1 atom stereocenters. The Bertz CT molecular complexity index is 163. The van der Waals surface area contributed by atoms with Gasteiger partial charge in [-0.3, -0.25) is 0 Å². The molecule has 0 heterocycles. The van der Waals surface area contributed by atoms with Crippen molar-refractivity contribution in [3.63, 3.8) is 0 Å². The monoisotopic (exact) mass is 219 g/mol. The lowest BCUT2D eigenvalue weighted by Gasteiger charge is -2.31. The summed E-state index contributed by atoms with van der Waals surface area (Å²) >= 11 is 0. The van der Waals surface area contributed by atoms with Crippen LogP contribution >= 0.6 is 0 Å². The third-order valence-corrected chi connectivity index (χ3v) is 5.29. The topological polar surface area (TPSA) is 39.7 Å². The molecular weight excluding hydrogens is 198 g/mol. The number of hydrogen-bond acceptors (Lipinski definition) is 4. The highest BCUT2D eigenvalue weighted by Crippen LogP contribution is 2.14. The van der Waals surface area contributed by atoms with Crippen LogP contribution in [0.5, 0.6) is 0 Å². The maximum absolute atomic E-state index is 5.38. The highest BCUT2D eigenvalue weighted by Gasteiger charge is 2.46. The van der Waals surface area contributed by atoms with E-state index >= 15 is 0 Å². The molecule has 0 rings (SSSR count). The van der Waals surface area contributed by atoms with Crippen LogP contribution in [0.4, 0.5) is 0 Å². The number of nitrogens with one attached hydrogen (secondary N) is 1. The van der Waals surface area contributed by atoms with Crippen LogP contribution in [0.3, 0.4) is 0 Å². The van der Waals surface area contributed by atoms with Gasteiger partial charge in [0.25, 0.3) is 0 Å². The molecule has 4 nitrogen and oxygen atoms in total. The Kier molecular flexibility index (Phi) is 6.82. The van der Waals surface area contributed by atoms with E-state index in [4.69, 9.17) is 13.3 Å². The predicted octanol–water partition coefficient (Wildman–Crippen LogP) is 1.31. The van der Waals surface area contributed by atoms with Gasteiger partial charge in [-0.1, -0.05) is 13.0 Å². The van der Waals surface area contributed by atoms with Crippen molar-refractivity contribution in [2.24, 2.45) is 0 Å². The van der Waals surface area contributed by atoms with Crippen molar-refractivity contribution in [2.75, 3.05) is 21.3 Å². The van der Waals surface area contributed by atoms with E-state index in [0.29, 0.717) is 0 Å². The van der Waals surface area contributed by atoms with E-state index in [1.807, 2.05) is 19.2 Å². The summed E-state index contributed by atoms with van der Waals surface area (Å²) in [4.78, 5) is 0. The molecule has 1 unspecified atom stereocenters. The molecule has 84 valence electrons. The number of hydrogen-bond donors (Lipinski definition) is 1. The average molecular weight is 219 g/mol. The molecular formula is C9H21NO3Si. The van der Waals surface area contributed by atoms with E-state index in [1.54, 1.807) is 21.3 Å². The Morgan fingerprint density at radius 1 is 1.21 bits per heavy atom. The van der Waals surface area contributed by atoms with Gasteiger partial charge in [0.15, 0.2) is 0 Å². The molecule has 0 saturated carbocycles. The normalized spacial score (nSPS) is 14.6. The second-order valence-electron chi connectivity index (χ2n) is 2.84. The molecule has 0 amide bonds. The summed E-state index contributed by atoms with van der Waals surface area (Å²) in [6.45, 7) is 4.02. The summed E-state index contributed by atoms with van der Waals surface area (Å²) in [5.74, 6) is 0. The van der Waals surface area contributed by atoms with Gasteiger partial charge in [0, 0.05) is 21.3 Å². The van der Waals surface area contributed by atoms with Gasteiger partial charge >= 0.3 is 8.80 Å². The molecule has 0 bridgehead atoms. The lowest BCUT2D eigenvalue weighted by atomic mass is 10.5. The molecule has 0 aliphatic heterocycles. The van der Waals surface area contributed by atoms with Gasteiger partial charge < -0.3 is 18.6 Å². The van der Waals surface area contributed by atoms with Gasteiger partial charge in [0.1, 0.15) is 0 Å². The van der Waals surface area contributed by atoms with Gasteiger partial charge in [-0.25, -0.2) is 0 Å². The van der Waals surface area contributed by atoms with E-state index in [2.05, 4.69) is 12.2 Å². The summed E-state index contributed by atoms with van der Waals surface area (Å²) < 4.78 is 16.2. The van der Waals surface area contributed by atoms with Crippen molar-refractivity contribution >= 4 is 8.80 Å². The molecule has 0 radical (unpaired) electrons. The van der Waals surface area contributed by atoms with Crippen LogP contribution in [0.1, 0.15) is 20.3 Å². The minimum absolute atomic E-state index is 0.0960. The maximum atomic E-state index is 5.38. The standard InChI is InChI=1S/C9H21NO3Si/c1-6-8-10-9(7-2)14(11-3,12-4)13-5/h6,8-10H,7H2,1-5H3/b8-6-. The predicted molar refractivity (Wildman–Crippen MR) is 58.8 cm³/mol. The fourth-order valence-electron chi connectivity index (χ4n) is 1.36. The third kappa shape index (κ3) is 3.09. The van der Waals surface area contributed by atoms with E-state index in [9.17, 15) is 0 Å². The molecule has 0 aliphatic rings. The second-order valence-corrected chi connectivity index (χ2v) is 5.97. The van der Waals surface area contributed by atoms with Crippen molar-refractivity contribution in [3.8, 4) is 0 Å². The molecule has 0 aromatic rings. The lowest BCUT2D eigenvalue weighted by Crippen LogP contribution is -2.59. The summed E-state index contributed by atoms with van der Waals surface area (Å²) in [6, 6.07) is 0. The highest BCUT2D eigenvalue weighted by molar-refractivity contribution is 6.62. The Morgan fingerprint density at radius 3 is 2.00 bits per heavy atom. The Hall–Kier alpha value is -0.363. The lowest BCUT2D eigenvalue weighted by molar-refractivity contribution is 0.108. The third-order valence-electron chi connectivity index (χ3n) is 2.15. The molecule has 0 aliphatic carbocycles. The smallest absolute Gasteiger partial charge is 0.384 e. The van der Waals surface area contributed by atoms with E-state index in [0.717, 1.165) is 6.42 Å². The number of rotatable bonds is 7. The van der Waals surface area contributed by atoms with Gasteiger partial charge in [0.2, 0.25) is 0 Å². The molecule has 0 spiro atoms. The van der Waals surface area contributed by atoms with E-state index in [1.165, 1.54) is 0 Å². The van der Waals surface area contributed by atoms with E-state index in [-0.39, 0.29) is 5.67 Å². The Morgan fingerprint density at radius 2 is 1.71 bits per heavy atom. The number of allylic oxidation sites excluding steroid dienone is 1. The van der Waals surface area contributed by atoms with Crippen LogP contribution in [-0.2, 0) is 13.3 Å². The minimum atomic E-state index is -2.55. The van der Waals surface area contributed by atoms with Gasteiger partial charge in [-0.2, -0.15) is 0 Å². The molecule has 14 heavy (non-hydrogen) atoms. The van der Waals surface area contributed by atoms with Crippen molar-refractivity contribution in [3.05, 3.63) is 12.3 Å². The minimum Gasteiger partial charge on any atom is -0.384 e. The zero-order chi connectivity index (χ0) is 11.0. The Labute approximate surface area is 87.6 Å². The molecule has 0 aromatic carbocycles. The fraction of sp³-hybridized carbons (Fsp3) is 0.778. The van der Waals surface area contributed by atoms with Crippen molar-refractivity contribution < 1.29 is 13.3 Å². The fourth-order valence-corrected chi connectivity index (χ4v) is 3.51. The summed E-state index contributed by atoms with van der Waals surface area (Å²) in [6.07, 6.45) is 4.71. The first kappa shape index (κ1) is 13.6. The van der Waals surface area contributed by atoms with Crippen molar-refractivity contribution in [1.82, 2.24) is 5.32 Å². The van der Waals surface area contributed by atoms with Crippen molar-refractivity contribution in [2.45, 2.75) is 25.9 Å². The largest absolute Gasteiger partial charge is 0.523 e. The van der Waals surface area contributed by atoms with Crippen LogP contribution < -0.4 is 5.32 Å². The molecule has 0 aromatic heterocycles. The van der Waals surface area contributed by atoms with Gasteiger partial charge in [-0.05, 0) is 19.5 Å². The molecule has 5 heteroatoms. The first-order chi connectivity index (χ1) is 6.70. The second kappa shape index (κ2) is 7.00. The van der Waals surface area contributed by atoms with E-state index < -0.39 is 8.80 Å². The van der Waals surface area contributed by atoms with Crippen molar-refractivity contribution in [1.29, 1.82) is 0 Å². The van der Waals surface area contributed by atoms with Crippen LogP contribution in [-0.4, -0.2) is 35.8 Å². The summed E-state index contributed by atoms with van der Waals surface area (Å²) in [5, 5.41) is 3.22. The van der Waals surface area contributed by atoms with Crippen LogP contribution in [0, 0.1) is 0 Å². The van der Waals surface area contributed by atoms with Crippen LogP contribution in [0.25, 0.3) is 0 Å². The summed E-state index contributed by atoms with van der Waals surface area (Å²) in [5.41, 5.74) is 0.0960. The molecule has 1 N–H and O–H groups in total. The first-order valence-electron chi connectivity index (χ1n) is 4.73. The average Bonchev–Trinajstić information content (AvgIpc) is 2.25. The summed E-state index contributed by atoms with van der Waals surface area (Å²) in [7, 11) is 2.33. The molecule has 0 fully saturated rings. The maximum Gasteiger partial charge on any atom is 0.523 e. The van der Waals surface area contributed by atoms with Crippen LogP contribution in [0.15, 0.2) is 12.3 Å². The van der Waals surface area contributed by atoms with Gasteiger partial charge in [0.05, 0.1) is 5.67 Å². The van der Waals surface area contributed by atoms with Gasteiger partial charge in [-0.15, -0.1) is 0 Å². The van der Waals surface area contributed by atoms with Crippen LogP contribution in [0.2, 0.25) is 0 Å².